The minimum Gasteiger partial charge on any atom is -0.467 e. The number of carbonyl (C=O) groups is 1. The molecule has 0 fully saturated rings. The van der Waals surface area contributed by atoms with Gasteiger partial charge >= 0.3 is 5.97 Å². The second kappa shape index (κ2) is 5.61. The first-order valence-electron chi connectivity index (χ1n) is 5.64. The molecule has 0 aliphatic carbocycles. The van der Waals surface area contributed by atoms with Crippen molar-refractivity contribution in [2.24, 2.45) is 0 Å². The second-order valence-electron chi connectivity index (χ2n) is 4.30. The Hall–Kier alpha value is -1.65. The minimum atomic E-state index is -0.422. The third-order valence-electron chi connectivity index (χ3n) is 2.31. The van der Waals surface area contributed by atoms with E-state index >= 15 is 0 Å². The molecule has 0 bridgehead atoms. The fourth-order valence-electron chi connectivity index (χ4n) is 1.38. The molecule has 0 aromatic carbocycles. The summed E-state index contributed by atoms with van der Waals surface area (Å²) in [5.74, 6) is 1.36. The van der Waals surface area contributed by atoms with Crippen LogP contribution in [0.4, 0.5) is 5.82 Å². The van der Waals surface area contributed by atoms with Crippen LogP contribution in [0, 0.1) is 6.92 Å². The Kier molecular flexibility index (Phi) is 4.43. The smallest absolute Gasteiger partial charge is 0.328 e. The highest BCUT2D eigenvalue weighted by atomic mass is 16.5. The Balaban J connectivity index is 2.87. The van der Waals surface area contributed by atoms with Crippen molar-refractivity contribution in [1.82, 2.24) is 9.97 Å². The van der Waals surface area contributed by atoms with Crippen LogP contribution in [0.1, 0.15) is 38.2 Å². The van der Waals surface area contributed by atoms with Gasteiger partial charge in [-0.15, -0.1) is 0 Å². The number of hydrogen-bond acceptors (Lipinski definition) is 5. The molecule has 1 atom stereocenters. The van der Waals surface area contributed by atoms with Crippen molar-refractivity contribution < 1.29 is 9.53 Å². The number of rotatable bonds is 4. The van der Waals surface area contributed by atoms with Gasteiger partial charge in [0.25, 0.3) is 0 Å². The average molecular weight is 237 g/mol. The predicted octanol–water partition coefficient (Wildman–Crippen LogP) is 1.88. The lowest BCUT2D eigenvalue weighted by atomic mass is 10.2. The van der Waals surface area contributed by atoms with Crippen molar-refractivity contribution in [2.45, 2.75) is 39.7 Å². The van der Waals surface area contributed by atoms with Crippen LogP contribution in [0.5, 0.6) is 0 Å². The van der Waals surface area contributed by atoms with Crippen molar-refractivity contribution in [3.8, 4) is 0 Å². The largest absolute Gasteiger partial charge is 0.467 e. The summed E-state index contributed by atoms with van der Waals surface area (Å²) in [6.45, 7) is 7.70. The average Bonchev–Trinajstić information content (AvgIpc) is 2.26. The summed E-state index contributed by atoms with van der Waals surface area (Å²) < 4.78 is 4.65. The molecule has 0 spiro atoms. The van der Waals surface area contributed by atoms with Gasteiger partial charge in [0, 0.05) is 17.7 Å². The van der Waals surface area contributed by atoms with Crippen LogP contribution in [0.3, 0.4) is 0 Å². The van der Waals surface area contributed by atoms with Crippen molar-refractivity contribution in [3.63, 3.8) is 0 Å². The van der Waals surface area contributed by atoms with E-state index in [1.165, 1.54) is 7.11 Å². The molecule has 1 N–H and O–H groups in total. The molecular weight excluding hydrogens is 218 g/mol. The van der Waals surface area contributed by atoms with E-state index < -0.39 is 6.04 Å². The molecule has 1 rings (SSSR count). The van der Waals surface area contributed by atoms with Crippen LogP contribution in [-0.4, -0.2) is 29.1 Å². The maximum absolute atomic E-state index is 11.3. The van der Waals surface area contributed by atoms with E-state index in [4.69, 9.17) is 0 Å². The number of ether oxygens (including phenoxy) is 1. The summed E-state index contributed by atoms with van der Waals surface area (Å²) >= 11 is 0. The Morgan fingerprint density at radius 1 is 1.35 bits per heavy atom. The molecule has 1 aromatic heterocycles. The number of hydrogen-bond donors (Lipinski definition) is 1. The molecule has 0 aliphatic heterocycles. The molecule has 5 nitrogen and oxygen atoms in total. The van der Waals surface area contributed by atoms with Gasteiger partial charge in [-0.3, -0.25) is 0 Å². The summed E-state index contributed by atoms with van der Waals surface area (Å²) in [5.41, 5.74) is 0.878. The Morgan fingerprint density at radius 3 is 2.53 bits per heavy atom. The van der Waals surface area contributed by atoms with E-state index in [2.05, 4.69) is 20.0 Å². The molecular formula is C12H19N3O2. The maximum Gasteiger partial charge on any atom is 0.328 e. The molecule has 1 unspecified atom stereocenters. The number of anilines is 1. The van der Waals surface area contributed by atoms with E-state index in [0.29, 0.717) is 5.82 Å². The van der Waals surface area contributed by atoms with Gasteiger partial charge in [0.2, 0.25) is 0 Å². The Bertz CT molecular complexity index is 405. The van der Waals surface area contributed by atoms with Crippen molar-refractivity contribution >= 4 is 11.8 Å². The fourth-order valence-corrected chi connectivity index (χ4v) is 1.38. The van der Waals surface area contributed by atoms with Gasteiger partial charge in [0.1, 0.15) is 17.7 Å². The zero-order chi connectivity index (χ0) is 13.0. The summed E-state index contributed by atoms with van der Waals surface area (Å²) in [4.78, 5) is 20.0. The number of aryl methyl sites for hydroxylation is 1. The molecule has 0 amide bonds. The molecule has 0 saturated heterocycles. The number of methoxy groups -OCH3 is 1. The monoisotopic (exact) mass is 237 g/mol. The summed E-state index contributed by atoms with van der Waals surface area (Å²) in [5, 5.41) is 3.00. The first kappa shape index (κ1) is 13.4. The molecule has 0 saturated carbocycles. The minimum absolute atomic E-state index is 0.254. The summed E-state index contributed by atoms with van der Waals surface area (Å²) in [7, 11) is 1.37. The van der Waals surface area contributed by atoms with Gasteiger partial charge in [-0.2, -0.15) is 0 Å². The number of carbonyl (C=O) groups excluding carboxylic acids is 1. The van der Waals surface area contributed by atoms with Crippen LogP contribution in [0.15, 0.2) is 6.07 Å². The van der Waals surface area contributed by atoms with E-state index in [9.17, 15) is 4.79 Å². The molecule has 1 heterocycles. The van der Waals surface area contributed by atoms with Crippen LogP contribution in [-0.2, 0) is 9.53 Å². The molecule has 0 radical (unpaired) electrons. The van der Waals surface area contributed by atoms with E-state index in [1.54, 1.807) is 6.92 Å². The van der Waals surface area contributed by atoms with Crippen LogP contribution in [0.2, 0.25) is 0 Å². The molecule has 17 heavy (non-hydrogen) atoms. The van der Waals surface area contributed by atoms with Crippen molar-refractivity contribution in [3.05, 3.63) is 17.6 Å². The van der Waals surface area contributed by atoms with E-state index in [0.717, 1.165) is 11.5 Å². The zero-order valence-electron chi connectivity index (χ0n) is 10.9. The second-order valence-corrected chi connectivity index (χ2v) is 4.30. The van der Waals surface area contributed by atoms with Gasteiger partial charge in [0.15, 0.2) is 0 Å². The van der Waals surface area contributed by atoms with E-state index in [-0.39, 0.29) is 11.9 Å². The standard InChI is InChI=1S/C12H19N3O2/c1-7(2)11-13-8(3)6-10(15-11)14-9(4)12(16)17-5/h6-7,9H,1-5H3,(H,13,14,15). The predicted molar refractivity (Wildman–Crippen MR) is 66.0 cm³/mol. The number of nitrogens with zero attached hydrogens (tertiary/aromatic N) is 2. The van der Waals surface area contributed by atoms with E-state index in [1.807, 2.05) is 26.8 Å². The normalized spacial score (nSPS) is 12.4. The highest BCUT2D eigenvalue weighted by Gasteiger charge is 2.14. The molecule has 5 heteroatoms. The van der Waals surface area contributed by atoms with Crippen molar-refractivity contribution in [1.29, 1.82) is 0 Å². The summed E-state index contributed by atoms with van der Waals surface area (Å²) in [6, 6.07) is 1.39. The Morgan fingerprint density at radius 2 is 2.00 bits per heavy atom. The van der Waals surface area contributed by atoms with Crippen LogP contribution >= 0.6 is 0 Å². The lowest BCUT2D eigenvalue weighted by molar-refractivity contribution is -0.141. The Labute approximate surface area is 102 Å². The quantitative estimate of drug-likeness (QED) is 0.810. The molecule has 94 valence electrons. The number of aromatic nitrogens is 2. The van der Waals surface area contributed by atoms with Gasteiger partial charge in [-0.1, -0.05) is 13.8 Å². The van der Waals surface area contributed by atoms with Gasteiger partial charge < -0.3 is 10.1 Å². The maximum atomic E-state index is 11.3. The third kappa shape index (κ3) is 3.69. The van der Waals surface area contributed by atoms with Crippen LogP contribution < -0.4 is 5.32 Å². The van der Waals surface area contributed by atoms with Gasteiger partial charge in [-0.25, -0.2) is 14.8 Å². The third-order valence-corrected chi connectivity index (χ3v) is 2.31. The first-order chi connectivity index (χ1) is 7.93. The molecule has 0 aliphatic rings. The summed E-state index contributed by atoms with van der Waals surface area (Å²) in [6.07, 6.45) is 0. The first-order valence-corrected chi connectivity index (χ1v) is 5.64. The van der Waals surface area contributed by atoms with Gasteiger partial charge in [-0.05, 0) is 13.8 Å². The number of nitrogens with one attached hydrogen (secondary N) is 1. The van der Waals surface area contributed by atoms with Crippen molar-refractivity contribution in [2.75, 3.05) is 12.4 Å². The highest BCUT2D eigenvalue weighted by molar-refractivity contribution is 5.78. The lowest BCUT2D eigenvalue weighted by Crippen LogP contribution is -2.27. The SMILES string of the molecule is COC(=O)C(C)Nc1cc(C)nc(C(C)C)n1. The highest BCUT2D eigenvalue weighted by Crippen LogP contribution is 2.14. The topological polar surface area (TPSA) is 64.1 Å². The van der Waals surface area contributed by atoms with Crippen LogP contribution in [0.25, 0.3) is 0 Å². The molecule has 1 aromatic rings. The lowest BCUT2D eigenvalue weighted by Gasteiger charge is -2.14. The zero-order valence-corrected chi connectivity index (χ0v) is 10.9. The van der Waals surface area contributed by atoms with Gasteiger partial charge in [0.05, 0.1) is 7.11 Å². The fraction of sp³-hybridized carbons (Fsp3) is 0.583. The number of esters is 1.